The molecule has 0 saturated carbocycles. The van der Waals surface area contributed by atoms with Crippen molar-refractivity contribution in [3.63, 3.8) is 0 Å². The van der Waals surface area contributed by atoms with Crippen molar-refractivity contribution in [2.45, 2.75) is 0 Å². The molecule has 3 aromatic carbocycles. The van der Waals surface area contributed by atoms with Gasteiger partial charge in [0, 0.05) is 52.7 Å². The molecule has 1 fully saturated rings. The van der Waals surface area contributed by atoms with Crippen LogP contribution in [0.5, 0.6) is 5.88 Å². The lowest BCUT2D eigenvalue weighted by Crippen LogP contribution is -2.36. The molecule has 200 valence electrons. The van der Waals surface area contributed by atoms with Gasteiger partial charge < -0.3 is 25.0 Å². The fourth-order valence-electron chi connectivity index (χ4n) is 4.69. The lowest BCUT2D eigenvalue weighted by molar-refractivity contribution is 0.102. The number of thiophene rings is 1. The summed E-state index contributed by atoms with van der Waals surface area (Å²) >= 11 is 1.35. The van der Waals surface area contributed by atoms with Gasteiger partial charge in [0.2, 0.25) is 0 Å². The van der Waals surface area contributed by atoms with Crippen LogP contribution < -0.4 is 10.2 Å². The Kier molecular flexibility index (Phi) is 7.13. The van der Waals surface area contributed by atoms with Gasteiger partial charge in [-0.15, -0.1) is 11.3 Å². The van der Waals surface area contributed by atoms with E-state index in [2.05, 4.69) is 20.2 Å². The zero-order chi connectivity index (χ0) is 27.5. The van der Waals surface area contributed by atoms with Crippen LogP contribution in [0.2, 0.25) is 0 Å². The number of amides is 1. The molecule has 0 atom stereocenters. The summed E-state index contributed by atoms with van der Waals surface area (Å²) in [6, 6.07) is 23.6. The average molecular weight is 551 g/mol. The third-order valence-corrected chi connectivity index (χ3v) is 7.65. The standard InChI is InChI=1S/C31H26N4O4S/c36-29(20-3-1-4-23(17-20)33-31(38)28-5-2-16-40-28)21-6-11-25-26(30(37)34-27(25)18-21)19-32-22-7-9-24(10-8-22)35-12-14-39-15-13-35/h1-11,16-19,34,37H,12-15H2,(H,33,38). The maximum atomic E-state index is 13.3. The summed E-state index contributed by atoms with van der Waals surface area (Å²) in [6.07, 6.45) is 1.62. The van der Waals surface area contributed by atoms with Crippen molar-refractivity contribution >= 4 is 57.2 Å². The number of aliphatic imine (C=N–C) groups is 1. The van der Waals surface area contributed by atoms with Gasteiger partial charge in [-0.05, 0) is 53.9 Å². The predicted octanol–water partition coefficient (Wildman–Crippen LogP) is 6.01. The number of hydrogen-bond donors (Lipinski definition) is 3. The Morgan fingerprint density at radius 3 is 2.55 bits per heavy atom. The third kappa shape index (κ3) is 5.38. The van der Waals surface area contributed by atoms with Crippen LogP contribution in [0.3, 0.4) is 0 Å². The second kappa shape index (κ2) is 11.2. The molecule has 3 heterocycles. The number of hydrogen-bond acceptors (Lipinski definition) is 7. The number of benzene rings is 3. The van der Waals surface area contributed by atoms with E-state index in [1.54, 1.807) is 54.7 Å². The van der Waals surface area contributed by atoms with Gasteiger partial charge in [0.25, 0.3) is 5.91 Å². The van der Waals surface area contributed by atoms with E-state index in [4.69, 9.17) is 4.74 Å². The van der Waals surface area contributed by atoms with Crippen molar-refractivity contribution in [2.24, 2.45) is 4.99 Å². The van der Waals surface area contributed by atoms with Crippen molar-refractivity contribution in [1.29, 1.82) is 0 Å². The van der Waals surface area contributed by atoms with Gasteiger partial charge in [-0.1, -0.05) is 30.3 Å². The smallest absolute Gasteiger partial charge is 0.265 e. The molecule has 9 heteroatoms. The SMILES string of the molecule is O=C(c1cccc(NC(=O)c2cccs2)c1)c1ccc2c(C=Nc3ccc(N4CCOCC4)cc3)c(O)[nH]c2c1. The van der Waals surface area contributed by atoms with Crippen molar-refractivity contribution < 1.29 is 19.4 Å². The van der Waals surface area contributed by atoms with Crippen LogP contribution in [0, 0.1) is 0 Å². The second-order valence-electron chi connectivity index (χ2n) is 9.36. The van der Waals surface area contributed by atoms with Crippen molar-refractivity contribution in [3.8, 4) is 5.88 Å². The molecule has 3 N–H and O–H groups in total. The largest absolute Gasteiger partial charge is 0.494 e. The minimum atomic E-state index is -0.217. The quantitative estimate of drug-likeness (QED) is 0.170. The van der Waals surface area contributed by atoms with Crippen LogP contribution in [0.4, 0.5) is 17.1 Å². The number of ketones is 1. The molecule has 0 aliphatic carbocycles. The molecule has 0 unspecified atom stereocenters. The van der Waals surface area contributed by atoms with Gasteiger partial charge in [0.1, 0.15) is 0 Å². The van der Waals surface area contributed by atoms with Crippen LogP contribution in [0.15, 0.2) is 89.2 Å². The normalized spacial score (nSPS) is 13.7. The summed E-state index contributed by atoms with van der Waals surface area (Å²) < 4.78 is 5.42. The number of H-pyrrole nitrogens is 1. The van der Waals surface area contributed by atoms with Crippen LogP contribution >= 0.6 is 11.3 Å². The highest BCUT2D eigenvalue weighted by atomic mass is 32.1. The van der Waals surface area contributed by atoms with Crippen LogP contribution in [0.25, 0.3) is 10.9 Å². The highest BCUT2D eigenvalue weighted by molar-refractivity contribution is 7.12. The molecule has 1 aliphatic heterocycles. The summed E-state index contributed by atoms with van der Waals surface area (Å²) in [5.41, 5.74) is 4.51. The topological polar surface area (TPSA) is 107 Å². The number of carbonyl (C=O) groups excluding carboxylic acids is 2. The number of nitrogens with zero attached hydrogens (tertiary/aromatic N) is 2. The Hall–Kier alpha value is -4.73. The molecule has 6 rings (SSSR count). The molecule has 0 spiro atoms. The zero-order valence-corrected chi connectivity index (χ0v) is 22.3. The summed E-state index contributed by atoms with van der Waals surface area (Å²) in [6.45, 7) is 3.20. The number of carbonyl (C=O) groups is 2. The molecule has 0 radical (unpaired) electrons. The number of fused-ring (bicyclic) bond motifs is 1. The van der Waals surface area contributed by atoms with Gasteiger partial charge in [0.15, 0.2) is 11.7 Å². The Labute approximate surface area is 234 Å². The van der Waals surface area contributed by atoms with Crippen molar-refractivity contribution in [3.05, 3.63) is 106 Å². The summed E-state index contributed by atoms with van der Waals surface area (Å²) in [7, 11) is 0. The van der Waals surface area contributed by atoms with E-state index >= 15 is 0 Å². The van der Waals surface area contributed by atoms with E-state index < -0.39 is 0 Å². The second-order valence-corrected chi connectivity index (χ2v) is 10.3. The van der Waals surface area contributed by atoms with Gasteiger partial charge in [-0.25, -0.2) is 0 Å². The minimum absolute atomic E-state index is 0.0217. The summed E-state index contributed by atoms with van der Waals surface area (Å²) in [5, 5.41) is 16.0. The fraction of sp³-hybridized carbons (Fsp3) is 0.129. The summed E-state index contributed by atoms with van der Waals surface area (Å²) in [4.78, 5) is 36.1. The lowest BCUT2D eigenvalue weighted by atomic mass is 10.0. The molecular formula is C31H26N4O4S. The fourth-order valence-corrected chi connectivity index (χ4v) is 5.31. The molecule has 40 heavy (non-hydrogen) atoms. The first-order valence-electron chi connectivity index (χ1n) is 12.9. The highest BCUT2D eigenvalue weighted by Gasteiger charge is 2.16. The molecule has 2 aromatic heterocycles. The monoisotopic (exact) mass is 550 g/mol. The predicted molar refractivity (Wildman–Crippen MR) is 159 cm³/mol. The zero-order valence-electron chi connectivity index (χ0n) is 21.5. The number of aromatic nitrogens is 1. The number of aromatic amines is 1. The van der Waals surface area contributed by atoms with Gasteiger partial charge in [-0.2, -0.15) is 0 Å². The first-order chi connectivity index (χ1) is 19.5. The van der Waals surface area contributed by atoms with Gasteiger partial charge in [-0.3, -0.25) is 14.6 Å². The molecule has 1 aliphatic rings. The number of nitrogens with one attached hydrogen (secondary N) is 2. The van der Waals surface area contributed by atoms with E-state index in [9.17, 15) is 14.7 Å². The molecule has 1 saturated heterocycles. The first-order valence-corrected chi connectivity index (χ1v) is 13.7. The number of morpholine rings is 1. The van der Waals surface area contributed by atoms with Crippen molar-refractivity contribution in [1.82, 2.24) is 4.98 Å². The van der Waals surface area contributed by atoms with Gasteiger partial charge in [0.05, 0.1) is 29.3 Å². The maximum absolute atomic E-state index is 13.3. The lowest BCUT2D eigenvalue weighted by Gasteiger charge is -2.28. The van der Waals surface area contributed by atoms with E-state index in [0.717, 1.165) is 43.1 Å². The third-order valence-electron chi connectivity index (χ3n) is 6.78. The van der Waals surface area contributed by atoms with E-state index in [1.165, 1.54) is 11.3 Å². The average Bonchev–Trinajstić information content (AvgIpc) is 3.64. The number of rotatable bonds is 7. The van der Waals surface area contributed by atoms with Crippen LogP contribution in [0.1, 0.15) is 31.2 Å². The van der Waals surface area contributed by atoms with Crippen molar-refractivity contribution in [2.75, 3.05) is 36.5 Å². The highest BCUT2D eigenvalue weighted by Crippen LogP contribution is 2.29. The Morgan fingerprint density at radius 2 is 1.77 bits per heavy atom. The van der Waals surface area contributed by atoms with Crippen LogP contribution in [-0.4, -0.2) is 54.3 Å². The van der Waals surface area contributed by atoms with Gasteiger partial charge >= 0.3 is 0 Å². The number of ether oxygens (including phenoxy) is 1. The molecule has 1 amide bonds. The summed E-state index contributed by atoms with van der Waals surface area (Å²) in [5.74, 6) is -0.435. The van der Waals surface area contributed by atoms with Crippen LogP contribution in [-0.2, 0) is 4.74 Å². The molecule has 0 bridgehead atoms. The number of anilines is 2. The number of aromatic hydroxyl groups is 1. The molecular weight excluding hydrogens is 524 g/mol. The molecule has 5 aromatic rings. The maximum Gasteiger partial charge on any atom is 0.265 e. The Balaban J connectivity index is 1.19. The molecule has 8 nitrogen and oxygen atoms in total. The van der Waals surface area contributed by atoms with E-state index in [-0.39, 0.29) is 17.6 Å². The first kappa shape index (κ1) is 25.5. The van der Waals surface area contributed by atoms with E-state index in [1.807, 2.05) is 35.7 Å². The minimum Gasteiger partial charge on any atom is -0.494 e. The van der Waals surface area contributed by atoms with E-state index in [0.29, 0.717) is 32.8 Å². The Morgan fingerprint density at radius 1 is 0.975 bits per heavy atom. The Bertz CT molecular complexity index is 1700.